The molecule has 0 saturated heterocycles. The van der Waals surface area contributed by atoms with Crippen molar-refractivity contribution in [2.45, 2.75) is 17.9 Å². The van der Waals surface area contributed by atoms with Crippen LogP contribution in [0.2, 0.25) is 5.02 Å². The molecule has 10 heteroatoms. The van der Waals surface area contributed by atoms with Crippen LogP contribution in [0.25, 0.3) is 0 Å². The molecular weight excluding hydrogens is 359 g/mol. The topological polar surface area (TPSA) is 106 Å². The van der Waals surface area contributed by atoms with E-state index in [0.717, 1.165) is 18.2 Å². The van der Waals surface area contributed by atoms with Crippen LogP contribution in [0.4, 0.5) is 4.39 Å². The van der Waals surface area contributed by atoms with Crippen LogP contribution in [0.5, 0.6) is 0 Å². The first-order valence-electron chi connectivity index (χ1n) is 6.81. The maximum absolute atomic E-state index is 13.2. The second-order valence-electron chi connectivity index (χ2n) is 5.11. The minimum absolute atomic E-state index is 0.0635. The molecule has 7 nitrogen and oxygen atoms in total. The molecule has 1 aromatic carbocycles. The maximum atomic E-state index is 13.2. The highest BCUT2D eigenvalue weighted by Gasteiger charge is 2.30. The summed E-state index contributed by atoms with van der Waals surface area (Å²) in [6, 6.07) is 3.20. The second kappa shape index (κ2) is 6.08. The Morgan fingerprint density at radius 2 is 2.17 bits per heavy atom. The monoisotopic (exact) mass is 369 g/mol. The van der Waals surface area contributed by atoms with Crippen molar-refractivity contribution in [3.8, 4) is 0 Å². The summed E-state index contributed by atoms with van der Waals surface area (Å²) in [6.45, 7) is 0.117. The van der Waals surface area contributed by atoms with E-state index in [-0.39, 0.29) is 28.8 Å². The van der Waals surface area contributed by atoms with E-state index in [0.29, 0.717) is 17.7 Å². The number of hydrogen-bond donors (Lipinski definition) is 1. The van der Waals surface area contributed by atoms with Gasteiger partial charge in [-0.15, -0.1) is 0 Å². The zero-order valence-electron chi connectivity index (χ0n) is 12.2. The van der Waals surface area contributed by atoms with E-state index < -0.39 is 21.7 Å². The third-order valence-electron chi connectivity index (χ3n) is 3.57. The quantitative estimate of drug-likeness (QED) is 0.865. The van der Waals surface area contributed by atoms with Crippen LogP contribution in [0.1, 0.15) is 21.9 Å². The predicted octanol–water partition coefficient (Wildman–Crippen LogP) is 0.915. The number of hydrogen-bond acceptors (Lipinski definition) is 5. The second-order valence-corrected chi connectivity index (χ2v) is 7.46. The summed E-state index contributed by atoms with van der Waals surface area (Å²) in [5, 5.41) is -0.278. The van der Waals surface area contributed by atoms with Gasteiger partial charge in [-0.1, -0.05) is 11.6 Å². The van der Waals surface area contributed by atoms with Gasteiger partial charge in [-0.2, -0.15) is 4.31 Å². The Morgan fingerprint density at radius 1 is 1.42 bits per heavy atom. The molecule has 1 aliphatic rings. The molecule has 0 spiro atoms. The molecule has 1 radical (unpaired) electrons. The van der Waals surface area contributed by atoms with Crippen molar-refractivity contribution in [1.29, 1.82) is 0 Å². The lowest BCUT2D eigenvalue weighted by Gasteiger charge is -2.27. The van der Waals surface area contributed by atoms with E-state index in [2.05, 4.69) is 16.2 Å². The average Bonchev–Trinajstić information content (AvgIpc) is 2.56. The Labute approximate surface area is 142 Å². The van der Waals surface area contributed by atoms with Crippen LogP contribution in [0.15, 0.2) is 23.1 Å². The Morgan fingerprint density at radius 3 is 2.83 bits per heavy atom. The molecular formula is C14H11ClFN4O3S. The van der Waals surface area contributed by atoms with Crippen LogP contribution in [0.3, 0.4) is 0 Å². The van der Waals surface area contributed by atoms with Gasteiger partial charge in [0.25, 0.3) is 5.91 Å². The summed E-state index contributed by atoms with van der Waals surface area (Å²) >= 11 is 5.66. The normalized spacial score (nSPS) is 15.1. The first-order chi connectivity index (χ1) is 11.3. The van der Waals surface area contributed by atoms with Gasteiger partial charge in [0.1, 0.15) is 5.82 Å². The molecule has 3 rings (SSSR count). The maximum Gasteiger partial charge on any atom is 0.286 e. The summed E-state index contributed by atoms with van der Waals surface area (Å²) in [4.78, 5) is 18.7. The zero-order chi connectivity index (χ0) is 17.5. The van der Waals surface area contributed by atoms with Gasteiger partial charge in [-0.05, 0) is 24.6 Å². The molecule has 2 heterocycles. The number of nitrogens with zero attached hydrogens (tertiary/aromatic N) is 3. The lowest BCUT2D eigenvalue weighted by Crippen LogP contribution is -2.37. The minimum atomic E-state index is -3.89. The van der Waals surface area contributed by atoms with E-state index >= 15 is 0 Å². The summed E-state index contributed by atoms with van der Waals surface area (Å²) in [5.74, 6) is -1.75. The molecule has 0 bridgehead atoms. The Kier molecular flexibility index (Phi) is 4.24. The van der Waals surface area contributed by atoms with Crippen molar-refractivity contribution in [3.63, 3.8) is 0 Å². The number of halogens is 2. The highest BCUT2D eigenvalue weighted by atomic mass is 35.5. The summed E-state index contributed by atoms with van der Waals surface area (Å²) in [6.07, 6.45) is 3.00. The number of rotatable bonds is 3. The third kappa shape index (κ3) is 2.97. The molecule has 0 unspecified atom stereocenters. The minimum Gasteiger partial charge on any atom is -0.363 e. The van der Waals surface area contributed by atoms with Gasteiger partial charge in [0.2, 0.25) is 15.8 Å². The van der Waals surface area contributed by atoms with Crippen molar-refractivity contribution >= 4 is 27.5 Å². The lowest BCUT2D eigenvalue weighted by atomic mass is 10.1. The van der Waals surface area contributed by atoms with Gasteiger partial charge in [0.15, 0.2) is 0 Å². The Balaban J connectivity index is 1.95. The number of nitrogens with two attached hydrogens (primary N) is 1. The van der Waals surface area contributed by atoms with Crippen molar-refractivity contribution in [2.24, 2.45) is 5.73 Å². The number of benzene rings is 1. The van der Waals surface area contributed by atoms with Crippen LogP contribution < -0.4 is 5.73 Å². The highest BCUT2D eigenvalue weighted by Crippen LogP contribution is 2.26. The summed E-state index contributed by atoms with van der Waals surface area (Å²) in [7, 11) is -3.89. The first kappa shape index (κ1) is 16.7. The number of sulfonamides is 1. The molecule has 24 heavy (non-hydrogen) atoms. The number of primary amides is 1. The molecule has 0 atom stereocenters. The largest absolute Gasteiger partial charge is 0.363 e. The SMILES string of the molecule is NC(=O)c1n[c]c2c(n1)CN(S(=O)(=O)c1ccc(F)c(Cl)c1)CC2. The van der Waals surface area contributed by atoms with E-state index in [1.54, 1.807) is 0 Å². The van der Waals surface area contributed by atoms with Gasteiger partial charge < -0.3 is 5.73 Å². The van der Waals surface area contributed by atoms with Gasteiger partial charge in [-0.3, -0.25) is 4.79 Å². The summed E-state index contributed by atoms with van der Waals surface area (Å²) in [5.41, 5.74) is 6.11. The fourth-order valence-corrected chi connectivity index (χ4v) is 3.99. The molecule has 1 aromatic heterocycles. The molecule has 0 aliphatic carbocycles. The summed E-state index contributed by atoms with van der Waals surface area (Å²) < 4.78 is 39.8. The number of fused-ring (bicyclic) bond motifs is 1. The van der Waals surface area contributed by atoms with E-state index in [9.17, 15) is 17.6 Å². The first-order valence-corrected chi connectivity index (χ1v) is 8.63. The molecule has 2 N–H and O–H groups in total. The van der Waals surface area contributed by atoms with Crippen molar-refractivity contribution < 1.29 is 17.6 Å². The molecule has 2 aromatic rings. The van der Waals surface area contributed by atoms with Crippen LogP contribution >= 0.6 is 11.6 Å². The Hall–Kier alpha value is -2.10. The van der Waals surface area contributed by atoms with Crippen LogP contribution in [-0.4, -0.2) is 35.1 Å². The molecule has 0 fully saturated rings. The zero-order valence-corrected chi connectivity index (χ0v) is 13.7. The fraction of sp³-hybridized carbons (Fsp3) is 0.214. The highest BCUT2D eigenvalue weighted by molar-refractivity contribution is 7.89. The third-order valence-corrected chi connectivity index (χ3v) is 5.70. The van der Waals surface area contributed by atoms with Gasteiger partial charge in [0, 0.05) is 12.1 Å². The fourth-order valence-electron chi connectivity index (χ4n) is 2.32. The predicted molar refractivity (Wildman–Crippen MR) is 82.1 cm³/mol. The lowest BCUT2D eigenvalue weighted by molar-refractivity contribution is 0.0989. The van der Waals surface area contributed by atoms with Gasteiger partial charge in [-0.25, -0.2) is 22.8 Å². The standard InChI is InChI=1S/C14H11ClFN4O3S/c15-10-5-9(1-2-11(10)16)24(22,23)20-4-3-8-6-18-14(13(17)21)19-12(8)7-20/h1-2,5H,3-4,7H2,(H2,17,21). The number of carbonyl (C=O) groups excluding carboxylic acids is 1. The molecule has 125 valence electrons. The van der Waals surface area contributed by atoms with Gasteiger partial charge >= 0.3 is 0 Å². The van der Waals surface area contributed by atoms with Crippen LogP contribution in [-0.2, 0) is 23.0 Å². The molecule has 0 saturated carbocycles. The molecule has 1 amide bonds. The van der Waals surface area contributed by atoms with Crippen molar-refractivity contribution in [3.05, 3.63) is 52.3 Å². The van der Waals surface area contributed by atoms with E-state index in [4.69, 9.17) is 17.3 Å². The average molecular weight is 370 g/mol. The Bertz CT molecular complexity index is 936. The van der Waals surface area contributed by atoms with Crippen molar-refractivity contribution in [1.82, 2.24) is 14.3 Å². The van der Waals surface area contributed by atoms with Crippen LogP contribution in [0, 0.1) is 12.0 Å². The number of carbonyl (C=O) groups is 1. The van der Waals surface area contributed by atoms with E-state index in [1.807, 2.05) is 0 Å². The number of amides is 1. The molecule has 1 aliphatic heterocycles. The van der Waals surface area contributed by atoms with Crippen molar-refractivity contribution in [2.75, 3.05) is 6.54 Å². The smallest absolute Gasteiger partial charge is 0.286 e. The van der Waals surface area contributed by atoms with E-state index in [1.165, 1.54) is 4.31 Å². The van der Waals surface area contributed by atoms with Gasteiger partial charge in [0.05, 0.1) is 28.4 Å². The number of aromatic nitrogens is 2.